The first kappa shape index (κ1) is 34.5. The number of aromatic nitrogens is 2. The molecule has 7 rings (SSSR count). The lowest BCUT2D eigenvalue weighted by molar-refractivity contribution is -0.274. The molecule has 4 fully saturated rings. The number of rotatable bonds is 13. The molecule has 16 heteroatoms. The fourth-order valence-corrected chi connectivity index (χ4v) is 6.35. The van der Waals surface area contributed by atoms with Gasteiger partial charge in [-0.3, -0.25) is 29.0 Å². The van der Waals surface area contributed by atoms with Crippen LogP contribution in [0.25, 0.3) is 10.9 Å². The Morgan fingerprint density at radius 2 is 1.94 bits per heavy atom. The second-order valence-electron chi connectivity index (χ2n) is 13.0. The van der Waals surface area contributed by atoms with Crippen LogP contribution in [0.4, 0.5) is 18.9 Å². The van der Waals surface area contributed by atoms with E-state index in [0.29, 0.717) is 11.8 Å². The molecule has 2 heterocycles. The SMILES string of the molecule is C[C@H]1C2CC1(NC(=O)Cn1cccc(NC(=O)[C@H](CC/C=C/C(=O)NC3CC3)NC(=O)c3cnc4ccc(OC(F)(F)F)cc4c3O)c1=O)C2. The van der Waals surface area contributed by atoms with Crippen LogP contribution >= 0.6 is 0 Å². The van der Waals surface area contributed by atoms with E-state index in [1.807, 2.05) is 0 Å². The first-order valence-electron chi connectivity index (χ1n) is 16.2. The summed E-state index contributed by atoms with van der Waals surface area (Å²) in [5.41, 5.74) is -1.40. The van der Waals surface area contributed by atoms with Crippen LogP contribution in [-0.4, -0.2) is 62.3 Å². The number of nitrogens with one attached hydrogen (secondary N) is 4. The minimum absolute atomic E-state index is 0.0547. The Morgan fingerprint density at radius 1 is 1.18 bits per heavy atom. The summed E-state index contributed by atoms with van der Waals surface area (Å²) in [6.45, 7) is 1.81. The van der Waals surface area contributed by atoms with Gasteiger partial charge in [-0.1, -0.05) is 13.0 Å². The van der Waals surface area contributed by atoms with Crippen LogP contribution in [0.2, 0.25) is 0 Å². The average Bonchev–Trinajstić information content (AvgIpc) is 3.86. The fraction of sp³-hybridized carbons (Fsp3) is 0.412. The van der Waals surface area contributed by atoms with Crippen molar-refractivity contribution in [1.82, 2.24) is 25.5 Å². The van der Waals surface area contributed by atoms with Crippen LogP contribution in [-0.2, 0) is 20.9 Å². The topological polar surface area (TPSA) is 181 Å². The van der Waals surface area contributed by atoms with Crippen molar-refractivity contribution in [1.29, 1.82) is 0 Å². The molecule has 13 nitrogen and oxygen atoms in total. The number of ether oxygens (including phenoxy) is 1. The molecule has 0 unspecified atom stereocenters. The molecule has 264 valence electrons. The number of anilines is 1. The molecule has 4 aliphatic rings. The Hall–Kier alpha value is -5.41. The molecule has 5 N–H and O–H groups in total. The second kappa shape index (κ2) is 13.5. The van der Waals surface area contributed by atoms with Gasteiger partial charge in [-0.2, -0.15) is 0 Å². The third-order valence-electron chi connectivity index (χ3n) is 9.54. The number of benzene rings is 1. The van der Waals surface area contributed by atoms with Crippen LogP contribution < -0.4 is 31.6 Å². The monoisotopic (exact) mass is 696 g/mol. The number of carbonyl (C=O) groups is 4. The third-order valence-corrected chi connectivity index (χ3v) is 9.54. The smallest absolute Gasteiger partial charge is 0.506 e. The van der Waals surface area contributed by atoms with Crippen molar-refractivity contribution in [2.75, 3.05) is 5.32 Å². The van der Waals surface area contributed by atoms with Crippen LogP contribution in [0.3, 0.4) is 0 Å². The van der Waals surface area contributed by atoms with E-state index in [1.165, 1.54) is 36.5 Å². The number of allylic oxidation sites excluding steroid dienone is 1. The van der Waals surface area contributed by atoms with Gasteiger partial charge < -0.3 is 35.7 Å². The molecule has 3 aromatic rings. The standard InChI is InChI=1S/C34H35F3N6O7/c1-18-19-14-33(18,15-19)42-28(45)17-43-12-4-6-26(32(43)49)41-31(48)25(5-2-3-7-27(44)39-20-8-9-20)40-30(47)23-16-38-24-11-10-21(50-34(35,36)37)13-22(24)29(23)46/h3-4,6-7,10-13,16,18-20,25H,2,5,8-9,14-15,17H2,1H3,(H,38,46)(H,39,44)(H,40,47)(H,41,48)(H,42,45)/b7-3+/t18-,19?,25-,33?/m0/s1. The molecule has 2 bridgehead atoms. The minimum Gasteiger partial charge on any atom is -0.506 e. The number of nitrogens with zero attached hydrogens (tertiary/aromatic N) is 2. The van der Waals surface area contributed by atoms with Crippen molar-refractivity contribution in [3.63, 3.8) is 0 Å². The van der Waals surface area contributed by atoms with E-state index < -0.39 is 46.8 Å². The first-order valence-corrected chi connectivity index (χ1v) is 16.2. The van der Waals surface area contributed by atoms with Gasteiger partial charge >= 0.3 is 6.36 Å². The highest BCUT2D eigenvalue weighted by Gasteiger charge is 2.63. The zero-order valence-corrected chi connectivity index (χ0v) is 26.9. The molecular formula is C34H35F3N6O7. The van der Waals surface area contributed by atoms with Crippen molar-refractivity contribution >= 4 is 40.2 Å². The second-order valence-corrected chi connectivity index (χ2v) is 13.0. The summed E-state index contributed by atoms with van der Waals surface area (Å²) in [7, 11) is 0. The normalized spacial score (nSPS) is 21.4. The van der Waals surface area contributed by atoms with Crippen molar-refractivity contribution in [2.45, 2.75) is 76.0 Å². The summed E-state index contributed by atoms with van der Waals surface area (Å²) < 4.78 is 43.4. The zero-order chi connectivity index (χ0) is 35.8. The van der Waals surface area contributed by atoms with Gasteiger partial charge in [0.1, 0.15) is 35.3 Å². The van der Waals surface area contributed by atoms with Crippen molar-refractivity contribution in [3.8, 4) is 11.5 Å². The highest BCUT2D eigenvalue weighted by molar-refractivity contribution is 6.05. The number of hydrogen-bond donors (Lipinski definition) is 5. The molecule has 2 atom stereocenters. The Labute approximate surface area is 283 Å². The number of fused-ring (bicyclic) bond motifs is 1. The van der Waals surface area contributed by atoms with Crippen LogP contribution in [0.5, 0.6) is 11.5 Å². The van der Waals surface area contributed by atoms with Gasteiger partial charge in [-0.15, -0.1) is 13.2 Å². The summed E-state index contributed by atoms with van der Waals surface area (Å²) in [6, 6.07) is 4.69. The van der Waals surface area contributed by atoms with Gasteiger partial charge in [0, 0.05) is 29.4 Å². The lowest BCUT2D eigenvalue weighted by Gasteiger charge is -2.67. The molecule has 2 aromatic heterocycles. The number of alkyl halides is 3. The summed E-state index contributed by atoms with van der Waals surface area (Å²) in [4.78, 5) is 69.0. The molecule has 0 aliphatic heterocycles. The lowest BCUT2D eigenvalue weighted by Crippen LogP contribution is -2.74. The summed E-state index contributed by atoms with van der Waals surface area (Å²) >= 11 is 0. The van der Waals surface area contributed by atoms with Gasteiger partial charge in [0.05, 0.1) is 5.52 Å². The van der Waals surface area contributed by atoms with E-state index in [4.69, 9.17) is 0 Å². The molecule has 0 saturated heterocycles. The van der Waals surface area contributed by atoms with E-state index in [2.05, 4.69) is 37.9 Å². The zero-order valence-electron chi connectivity index (χ0n) is 26.9. The lowest BCUT2D eigenvalue weighted by atomic mass is 9.43. The summed E-state index contributed by atoms with van der Waals surface area (Å²) in [6.07, 6.45) is 3.95. The van der Waals surface area contributed by atoms with E-state index in [9.17, 15) is 42.3 Å². The molecule has 50 heavy (non-hydrogen) atoms. The maximum atomic E-state index is 13.5. The maximum absolute atomic E-state index is 13.5. The number of pyridine rings is 2. The van der Waals surface area contributed by atoms with E-state index in [-0.39, 0.29) is 59.4 Å². The van der Waals surface area contributed by atoms with Crippen LogP contribution in [0, 0.1) is 11.8 Å². The van der Waals surface area contributed by atoms with Crippen LogP contribution in [0.15, 0.2) is 59.7 Å². The number of halogens is 3. The molecule has 4 saturated carbocycles. The van der Waals surface area contributed by atoms with Gasteiger partial charge in [-0.25, -0.2) is 0 Å². The fourth-order valence-electron chi connectivity index (χ4n) is 6.35. The Bertz CT molecular complexity index is 1930. The average molecular weight is 697 g/mol. The highest BCUT2D eigenvalue weighted by atomic mass is 19.4. The number of carbonyl (C=O) groups excluding carboxylic acids is 4. The number of hydrogen-bond acceptors (Lipinski definition) is 8. The Morgan fingerprint density at radius 3 is 2.60 bits per heavy atom. The third kappa shape index (κ3) is 7.58. The van der Waals surface area contributed by atoms with Crippen molar-refractivity contribution in [2.24, 2.45) is 11.8 Å². The van der Waals surface area contributed by atoms with Crippen molar-refractivity contribution in [3.05, 3.63) is 70.8 Å². The molecular weight excluding hydrogens is 661 g/mol. The van der Waals surface area contributed by atoms with Crippen molar-refractivity contribution < 1.29 is 42.2 Å². The summed E-state index contributed by atoms with van der Waals surface area (Å²) in [5.74, 6) is -2.78. The maximum Gasteiger partial charge on any atom is 0.573 e. The predicted molar refractivity (Wildman–Crippen MR) is 173 cm³/mol. The highest BCUT2D eigenvalue weighted by Crippen LogP contribution is 2.61. The van der Waals surface area contributed by atoms with Gasteiger partial charge in [0.2, 0.25) is 17.7 Å². The Kier molecular flexibility index (Phi) is 9.29. The van der Waals surface area contributed by atoms with Gasteiger partial charge in [0.15, 0.2) is 0 Å². The molecule has 4 amide bonds. The number of amides is 4. The van der Waals surface area contributed by atoms with Crippen LogP contribution in [0.1, 0.15) is 55.8 Å². The predicted octanol–water partition coefficient (Wildman–Crippen LogP) is 3.27. The molecule has 0 spiro atoms. The molecule has 0 radical (unpaired) electrons. The van der Waals surface area contributed by atoms with Gasteiger partial charge in [-0.05, 0) is 86.8 Å². The minimum atomic E-state index is -5.00. The van der Waals surface area contributed by atoms with Gasteiger partial charge in [0.25, 0.3) is 11.5 Å². The molecule has 1 aromatic carbocycles. The van der Waals surface area contributed by atoms with E-state index >= 15 is 0 Å². The van der Waals surface area contributed by atoms with E-state index in [0.717, 1.165) is 48.6 Å². The summed E-state index contributed by atoms with van der Waals surface area (Å²) in [5, 5.41) is 21.5. The largest absolute Gasteiger partial charge is 0.573 e. The van der Waals surface area contributed by atoms with E-state index in [1.54, 1.807) is 0 Å². The Balaban J connectivity index is 1.17. The number of aromatic hydroxyl groups is 1. The quantitative estimate of drug-likeness (QED) is 0.169. The molecule has 4 aliphatic carbocycles. The first-order chi connectivity index (χ1) is 23.7.